The van der Waals surface area contributed by atoms with Crippen LogP contribution in [0.25, 0.3) is 6.08 Å². The normalized spacial score (nSPS) is 15.6. The monoisotopic (exact) mass is 215 g/mol. The Morgan fingerprint density at radius 3 is 3.06 bits per heavy atom. The number of carbonyl (C=O) groups excluding carboxylic acids is 1. The molecule has 2 N–H and O–H groups in total. The second-order valence-electron chi connectivity index (χ2n) is 4.48. The largest absolute Gasteiger partial charge is 0.369 e. The van der Waals surface area contributed by atoms with Crippen molar-refractivity contribution in [1.29, 1.82) is 0 Å². The summed E-state index contributed by atoms with van der Waals surface area (Å²) in [7, 11) is 0. The lowest BCUT2D eigenvalue weighted by atomic mass is 9.92. The van der Waals surface area contributed by atoms with Crippen LogP contribution < -0.4 is 5.73 Å². The number of allylic oxidation sites excluding steroid dienone is 1. The number of primary amides is 1. The van der Waals surface area contributed by atoms with E-state index in [0.717, 1.165) is 19.3 Å². The molecule has 0 spiro atoms. The molecule has 0 bridgehead atoms. The van der Waals surface area contributed by atoms with Crippen molar-refractivity contribution in [2.45, 2.75) is 26.2 Å². The Hall–Kier alpha value is -1.57. The Morgan fingerprint density at radius 2 is 2.31 bits per heavy atom. The number of benzene rings is 1. The van der Waals surface area contributed by atoms with Crippen LogP contribution in [0.4, 0.5) is 0 Å². The molecule has 1 amide bonds. The molecule has 0 heterocycles. The van der Waals surface area contributed by atoms with Gasteiger partial charge in [-0.25, -0.2) is 0 Å². The van der Waals surface area contributed by atoms with Crippen LogP contribution in [-0.2, 0) is 17.6 Å². The molecule has 2 rings (SSSR count). The van der Waals surface area contributed by atoms with Gasteiger partial charge in [0.15, 0.2) is 0 Å². The van der Waals surface area contributed by atoms with E-state index in [4.69, 9.17) is 5.73 Å². The van der Waals surface area contributed by atoms with Crippen LogP contribution in [0.15, 0.2) is 24.3 Å². The standard InChI is InChI=1S/C14H17NO/c1-10(14(15)16)8-11-6-7-12-4-2-3-5-13(12)9-11/h3,5-7,9-10H,2,4,8H2,1H3,(H2,15,16)/t10-/m0/s1. The van der Waals surface area contributed by atoms with Crippen LogP contribution in [0.5, 0.6) is 0 Å². The zero-order valence-corrected chi connectivity index (χ0v) is 9.57. The smallest absolute Gasteiger partial charge is 0.220 e. The topological polar surface area (TPSA) is 43.1 Å². The van der Waals surface area contributed by atoms with E-state index in [0.29, 0.717) is 0 Å². The van der Waals surface area contributed by atoms with E-state index in [2.05, 4.69) is 30.4 Å². The zero-order chi connectivity index (χ0) is 11.5. The molecule has 1 atom stereocenters. The molecule has 0 radical (unpaired) electrons. The van der Waals surface area contributed by atoms with Gasteiger partial charge in [-0.15, -0.1) is 0 Å². The highest BCUT2D eigenvalue weighted by atomic mass is 16.1. The minimum Gasteiger partial charge on any atom is -0.369 e. The fourth-order valence-corrected chi connectivity index (χ4v) is 2.06. The fourth-order valence-electron chi connectivity index (χ4n) is 2.06. The summed E-state index contributed by atoms with van der Waals surface area (Å²) >= 11 is 0. The second-order valence-corrected chi connectivity index (χ2v) is 4.48. The van der Waals surface area contributed by atoms with Crippen LogP contribution >= 0.6 is 0 Å². The van der Waals surface area contributed by atoms with Crippen LogP contribution in [0.2, 0.25) is 0 Å². The van der Waals surface area contributed by atoms with Crippen molar-refractivity contribution in [3.05, 3.63) is 41.0 Å². The first-order valence-electron chi connectivity index (χ1n) is 5.74. The highest BCUT2D eigenvalue weighted by Gasteiger charge is 2.11. The molecule has 0 saturated heterocycles. The summed E-state index contributed by atoms with van der Waals surface area (Å²) in [4.78, 5) is 11.0. The van der Waals surface area contributed by atoms with Gasteiger partial charge in [-0.2, -0.15) is 0 Å². The lowest BCUT2D eigenvalue weighted by Gasteiger charge is -2.13. The summed E-state index contributed by atoms with van der Waals surface area (Å²) in [6, 6.07) is 6.45. The maximum Gasteiger partial charge on any atom is 0.220 e. The molecule has 1 aliphatic carbocycles. The van der Waals surface area contributed by atoms with E-state index in [1.54, 1.807) is 0 Å². The number of hydrogen-bond donors (Lipinski definition) is 1. The second kappa shape index (κ2) is 4.52. The number of amides is 1. The summed E-state index contributed by atoms with van der Waals surface area (Å²) in [6.45, 7) is 1.87. The van der Waals surface area contributed by atoms with Gasteiger partial charge in [-0.1, -0.05) is 37.3 Å². The Morgan fingerprint density at radius 1 is 1.50 bits per heavy atom. The zero-order valence-electron chi connectivity index (χ0n) is 9.57. The van der Waals surface area contributed by atoms with Crippen molar-refractivity contribution in [3.8, 4) is 0 Å². The van der Waals surface area contributed by atoms with Crippen molar-refractivity contribution in [2.24, 2.45) is 11.7 Å². The van der Waals surface area contributed by atoms with E-state index in [1.165, 1.54) is 16.7 Å². The minimum atomic E-state index is -0.228. The fraction of sp³-hybridized carbons (Fsp3) is 0.357. The van der Waals surface area contributed by atoms with Crippen LogP contribution in [-0.4, -0.2) is 5.91 Å². The summed E-state index contributed by atoms with van der Waals surface area (Å²) in [6.07, 6.45) is 7.35. The molecule has 0 saturated carbocycles. The number of nitrogens with two attached hydrogens (primary N) is 1. The van der Waals surface area contributed by atoms with Crippen molar-refractivity contribution >= 4 is 12.0 Å². The number of rotatable bonds is 3. The van der Waals surface area contributed by atoms with Crippen molar-refractivity contribution in [1.82, 2.24) is 0 Å². The van der Waals surface area contributed by atoms with Gasteiger partial charge in [-0.3, -0.25) is 4.79 Å². The molecule has 1 aromatic rings. The highest BCUT2D eigenvalue weighted by molar-refractivity contribution is 5.76. The minimum absolute atomic E-state index is 0.0920. The van der Waals surface area contributed by atoms with Crippen molar-refractivity contribution < 1.29 is 4.79 Å². The Bertz CT molecular complexity index is 434. The predicted molar refractivity (Wildman–Crippen MR) is 65.9 cm³/mol. The average Bonchev–Trinajstić information content (AvgIpc) is 2.28. The van der Waals surface area contributed by atoms with E-state index in [9.17, 15) is 4.79 Å². The first-order valence-corrected chi connectivity index (χ1v) is 5.74. The van der Waals surface area contributed by atoms with Crippen LogP contribution in [0.1, 0.15) is 30.0 Å². The van der Waals surface area contributed by atoms with Gasteiger partial charge in [0.05, 0.1) is 0 Å². The van der Waals surface area contributed by atoms with Crippen molar-refractivity contribution in [3.63, 3.8) is 0 Å². The molecule has 84 valence electrons. The van der Waals surface area contributed by atoms with E-state index in [1.807, 2.05) is 6.92 Å². The third kappa shape index (κ3) is 2.32. The molecular weight excluding hydrogens is 198 g/mol. The first-order chi connectivity index (χ1) is 7.66. The summed E-state index contributed by atoms with van der Waals surface area (Å²) in [5.74, 6) is -0.320. The van der Waals surface area contributed by atoms with Gasteiger partial charge in [0, 0.05) is 5.92 Å². The lowest BCUT2D eigenvalue weighted by molar-refractivity contribution is -0.121. The number of aryl methyl sites for hydroxylation is 1. The molecule has 0 fully saturated rings. The highest BCUT2D eigenvalue weighted by Crippen LogP contribution is 2.21. The Balaban J connectivity index is 2.18. The third-order valence-corrected chi connectivity index (χ3v) is 3.12. The molecule has 16 heavy (non-hydrogen) atoms. The molecule has 1 aliphatic rings. The maximum absolute atomic E-state index is 11.0. The summed E-state index contributed by atoms with van der Waals surface area (Å²) in [5, 5.41) is 0. The Kier molecular flexibility index (Phi) is 3.09. The molecule has 2 nitrogen and oxygen atoms in total. The number of fused-ring (bicyclic) bond motifs is 1. The van der Waals surface area contributed by atoms with E-state index >= 15 is 0 Å². The van der Waals surface area contributed by atoms with E-state index in [-0.39, 0.29) is 11.8 Å². The third-order valence-electron chi connectivity index (χ3n) is 3.12. The van der Waals surface area contributed by atoms with Gasteiger partial charge in [0.25, 0.3) is 0 Å². The van der Waals surface area contributed by atoms with Gasteiger partial charge in [0.2, 0.25) is 5.91 Å². The molecule has 0 unspecified atom stereocenters. The SMILES string of the molecule is C[C@@H](Cc1ccc2c(c1)C=CCC2)C(N)=O. The Labute approximate surface area is 96.2 Å². The van der Waals surface area contributed by atoms with Gasteiger partial charge in [0.1, 0.15) is 0 Å². The molecule has 0 aliphatic heterocycles. The van der Waals surface area contributed by atoms with Crippen LogP contribution in [0.3, 0.4) is 0 Å². The van der Waals surface area contributed by atoms with Gasteiger partial charge in [-0.05, 0) is 36.0 Å². The molecule has 2 heteroatoms. The first kappa shape index (κ1) is 10.9. The lowest BCUT2D eigenvalue weighted by Crippen LogP contribution is -2.22. The van der Waals surface area contributed by atoms with Gasteiger partial charge < -0.3 is 5.73 Å². The van der Waals surface area contributed by atoms with Crippen molar-refractivity contribution in [2.75, 3.05) is 0 Å². The maximum atomic E-state index is 11.0. The number of carbonyl (C=O) groups is 1. The average molecular weight is 215 g/mol. The predicted octanol–water partition coefficient (Wildman–Crippen LogP) is 2.31. The molecule has 1 aromatic carbocycles. The summed E-state index contributed by atoms with van der Waals surface area (Å²) in [5.41, 5.74) is 9.15. The number of hydrogen-bond acceptors (Lipinski definition) is 1. The summed E-state index contributed by atoms with van der Waals surface area (Å²) < 4.78 is 0. The van der Waals surface area contributed by atoms with E-state index < -0.39 is 0 Å². The van der Waals surface area contributed by atoms with Crippen LogP contribution in [0, 0.1) is 5.92 Å². The van der Waals surface area contributed by atoms with Gasteiger partial charge >= 0.3 is 0 Å². The molecule has 0 aromatic heterocycles. The molecular formula is C14H17NO. The quantitative estimate of drug-likeness (QED) is 0.826.